The van der Waals surface area contributed by atoms with Gasteiger partial charge in [-0.3, -0.25) is 0 Å². The van der Waals surface area contributed by atoms with Crippen LogP contribution in [0.3, 0.4) is 0 Å². The molecule has 86 valence electrons. The Hall–Kier alpha value is -1.64. The average molecular weight is 268 g/mol. The number of nitrogens with one attached hydrogen (secondary N) is 1. The Labute approximate surface area is 106 Å². The maximum Gasteiger partial charge on any atom is 0.143 e. The first-order valence-corrected chi connectivity index (χ1v) is 5.93. The number of anilines is 1. The van der Waals surface area contributed by atoms with Crippen molar-refractivity contribution in [1.82, 2.24) is 4.98 Å². The van der Waals surface area contributed by atoms with E-state index in [2.05, 4.69) is 10.3 Å². The SMILES string of the molecule is N#Cc1c(F)cccc1NCc1ncc(Cl)s1. The van der Waals surface area contributed by atoms with Gasteiger partial charge in [-0.2, -0.15) is 5.26 Å². The van der Waals surface area contributed by atoms with E-state index in [-0.39, 0.29) is 5.56 Å². The van der Waals surface area contributed by atoms with Gasteiger partial charge in [0.2, 0.25) is 0 Å². The Bertz CT molecular complexity index is 576. The minimum atomic E-state index is -0.533. The van der Waals surface area contributed by atoms with Gasteiger partial charge in [-0.05, 0) is 12.1 Å². The highest BCUT2D eigenvalue weighted by Gasteiger charge is 2.07. The molecule has 0 aliphatic carbocycles. The van der Waals surface area contributed by atoms with Gasteiger partial charge >= 0.3 is 0 Å². The van der Waals surface area contributed by atoms with E-state index in [1.165, 1.54) is 17.4 Å². The predicted octanol–water partition coefficient (Wildman–Crippen LogP) is 3.42. The molecular formula is C11H7ClFN3S. The zero-order valence-electron chi connectivity index (χ0n) is 8.58. The summed E-state index contributed by atoms with van der Waals surface area (Å²) in [6.45, 7) is 0.412. The number of aromatic nitrogens is 1. The topological polar surface area (TPSA) is 48.7 Å². The molecule has 0 atom stereocenters. The Kier molecular flexibility index (Phi) is 3.57. The van der Waals surface area contributed by atoms with Crippen LogP contribution in [0.5, 0.6) is 0 Å². The van der Waals surface area contributed by atoms with Crippen LogP contribution in [0.25, 0.3) is 0 Å². The van der Waals surface area contributed by atoms with Crippen LogP contribution < -0.4 is 5.32 Å². The molecule has 2 rings (SSSR count). The highest BCUT2D eigenvalue weighted by atomic mass is 35.5. The lowest BCUT2D eigenvalue weighted by Gasteiger charge is -2.06. The molecule has 0 saturated carbocycles. The summed E-state index contributed by atoms with van der Waals surface area (Å²) in [5.74, 6) is -0.533. The zero-order chi connectivity index (χ0) is 12.3. The summed E-state index contributed by atoms with van der Waals surface area (Å²) in [6, 6.07) is 6.28. The van der Waals surface area contributed by atoms with Gasteiger partial charge in [-0.15, -0.1) is 11.3 Å². The lowest BCUT2D eigenvalue weighted by molar-refractivity contribution is 0.624. The van der Waals surface area contributed by atoms with Crippen molar-refractivity contribution in [3.05, 3.63) is 45.1 Å². The molecule has 0 bridgehead atoms. The summed E-state index contributed by atoms with van der Waals surface area (Å²) in [4.78, 5) is 4.06. The summed E-state index contributed by atoms with van der Waals surface area (Å²) in [5.41, 5.74) is 0.467. The van der Waals surface area contributed by atoms with Crippen LogP contribution in [0.1, 0.15) is 10.6 Å². The van der Waals surface area contributed by atoms with E-state index in [4.69, 9.17) is 16.9 Å². The second-order valence-corrected chi connectivity index (χ2v) is 4.93. The van der Waals surface area contributed by atoms with Gasteiger partial charge in [0.1, 0.15) is 26.8 Å². The number of nitrogens with zero attached hydrogens (tertiary/aromatic N) is 2. The highest BCUT2D eigenvalue weighted by Crippen LogP contribution is 2.21. The summed E-state index contributed by atoms with van der Waals surface area (Å²) in [7, 11) is 0. The van der Waals surface area contributed by atoms with Crippen LogP contribution in [0.15, 0.2) is 24.4 Å². The van der Waals surface area contributed by atoms with Gasteiger partial charge in [0.25, 0.3) is 0 Å². The number of rotatable bonds is 3. The summed E-state index contributed by atoms with van der Waals surface area (Å²) in [6.07, 6.45) is 1.56. The molecule has 17 heavy (non-hydrogen) atoms. The van der Waals surface area contributed by atoms with Crippen LogP contribution in [0.4, 0.5) is 10.1 Å². The number of hydrogen-bond acceptors (Lipinski definition) is 4. The fraction of sp³-hybridized carbons (Fsp3) is 0.0909. The van der Waals surface area contributed by atoms with Crippen molar-refractivity contribution >= 4 is 28.6 Å². The van der Waals surface area contributed by atoms with Crippen LogP contribution in [-0.4, -0.2) is 4.98 Å². The zero-order valence-corrected chi connectivity index (χ0v) is 10.1. The van der Waals surface area contributed by atoms with Crippen LogP contribution in [-0.2, 0) is 6.54 Å². The number of halogens is 2. The second kappa shape index (κ2) is 5.13. The van der Waals surface area contributed by atoms with Crippen LogP contribution in [0, 0.1) is 17.1 Å². The maximum atomic E-state index is 13.3. The molecular weight excluding hydrogens is 261 g/mol. The largest absolute Gasteiger partial charge is 0.377 e. The van der Waals surface area contributed by atoms with E-state index >= 15 is 0 Å². The monoisotopic (exact) mass is 267 g/mol. The molecule has 0 aliphatic rings. The molecule has 0 amide bonds. The Balaban J connectivity index is 2.14. The number of benzene rings is 1. The molecule has 1 heterocycles. The third-order valence-corrected chi connectivity index (χ3v) is 3.20. The molecule has 0 aliphatic heterocycles. The van der Waals surface area contributed by atoms with E-state index < -0.39 is 5.82 Å². The molecule has 0 fully saturated rings. The Morgan fingerprint density at radius 3 is 3.00 bits per heavy atom. The van der Waals surface area contributed by atoms with Crippen LogP contribution >= 0.6 is 22.9 Å². The Morgan fingerprint density at radius 1 is 1.53 bits per heavy atom. The smallest absolute Gasteiger partial charge is 0.143 e. The minimum absolute atomic E-state index is 0.00940. The van der Waals surface area contributed by atoms with Crippen molar-refractivity contribution in [3.8, 4) is 6.07 Å². The first-order valence-electron chi connectivity index (χ1n) is 4.73. The van der Waals surface area contributed by atoms with Crippen LogP contribution in [0.2, 0.25) is 4.34 Å². The molecule has 0 radical (unpaired) electrons. The maximum absolute atomic E-state index is 13.3. The molecule has 2 aromatic rings. The molecule has 1 N–H and O–H groups in total. The van der Waals surface area contributed by atoms with Gasteiger partial charge in [-0.1, -0.05) is 17.7 Å². The number of thiazole rings is 1. The van der Waals surface area contributed by atoms with E-state index in [1.54, 1.807) is 18.3 Å². The summed E-state index contributed by atoms with van der Waals surface area (Å²) in [5, 5.41) is 12.6. The summed E-state index contributed by atoms with van der Waals surface area (Å²) >= 11 is 7.08. The van der Waals surface area contributed by atoms with Gasteiger partial charge in [0.05, 0.1) is 18.4 Å². The van der Waals surface area contributed by atoms with Crippen molar-refractivity contribution in [2.45, 2.75) is 6.54 Å². The quantitative estimate of drug-likeness (QED) is 0.927. The molecule has 1 aromatic carbocycles. The molecule has 0 saturated heterocycles. The molecule has 0 unspecified atom stereocenters. The fourth-order valence-corrected chi connectivity index (χ4v) is 2.22. The van der Waals surface area contributed by atoms with E-state index in [0.717, 1.165) is 5.01 Å². The van der Waals surface area contributed by atoms with Gasteiger partial charge in [0, 0.05) is 0 Å². The summed E-state index contributed by atoms with van der Waals surface area (Å²) < 4.78 is 13.9. The van der Waals surface area contributed by atoms with Crippen molar-refractivity contribution < 1.29 is 4.39 Å². The lowest BCUT2D eigenvalue weighted by atomic mass is 10.2. The normalized spacial score (nSPS) is 9.94. The first-order chi connectivity index (χ1) is 8.20. The first kappa shape index (κ1) is 11.8. The van der Waals surface area contributed by atoms with Gasteiger partial charge in [-0.25, -0.2) is 9.37 Å². The average Bonchev–Trinajstić information content (AvgIpc) is 2.72. The number of nitriles is 1. The second-order valence-electron chi connectivity index (χ2n) is 3.19. The molecule has 0 spiro atoms. The molecule has 6 heteroatoms. The van der Waals surface area contributed by atoms with Crippen molar-refractivity contribution in [2.24, 2.45) is 0 Å². The van der Waals surface area contributed by atoms with Gasteiger partial charge in [0.15, 0.2) is 0 Å². The highest BCUT2D eigenvalue weighted by molar-refractivity contribution is 7.15. The van der Waals surface area contributed by atoms with Crippen molar-refractivity contribution in [2.75, 3.05) is 5.32 Å². The van der Waals surface area contributed by atoms with Crippen molar-refractivity contribution in [1.29, 1.82) is 5.26 Å². The third kappa shape index (κ3) is 2.73. The fourth-order valence-electron chi connectivity index (χ4n) is 1.33. The van der Waals surface area contributed by atoms with Gasteiger partial charge < -0.3 is 5.32 Å². The third-order valence-electron chi connectivity index (χ3n) is 2.08. The molecule has 3 nitrogen and oxygen atoms in total. The standard InChI is InChI=1S/C11H7ClFN3S/c12-10-5-16-11(17-10)6-15-9-3-1-2-8(13)7(9)4-14/h1-3,5,15H,6H2. The van der Waals surface area contributed by atoms with E-state index in [9.17, 15) is 4.39 Å². The van der Waals surface area contributed by atoms with E-state index in [0.29, 0.717) is 16.6 Å². The predicted molar refractivity (Wildman–Crippen MR) is 65.6 cm³/mol. The Morgan fingerprint density at radius 2 is 2.35 bits per heavy atom. The minimum Gasteiger partial charge on any atom is -0.377 e. The molecule has 1 aromatic heterocycles. The van der Waals surface area contributed by atoms with Crippen molar-refractivity contribution in [3.63, 3.8) is 0 Å². The lowest BCUT2D eigenvalue weighted by Crippen LogP contribution is -2.01. The van der Waals surface area contributed by atoms with E-state index in [1.807, 2.05) is 6.07 Å². The number of hydrogen-bond donors (Lipinski definition) is 1.